The number of carbonyl (C=O) groups excluding carboxylic acids is 3. The first-order valence-corrected chi connectivity index (χ1v) is 23.1. The molecule has 0 aromatic heterocycles. The normalized spacial score (nSPS) is 17.0. The zero-order chi connectivity index (χ0) is 42.5. The maximum atomic E-state index is 13.7. The number of nitrogens with one attached hydrogen (secondary N) is 3. The van der Waals surface area contributed by atoms with E-state index in [0.717, 1.165) is 106 Å². The first-order chi connectivity index (χ1) is 28.6. The standard InChI is InChI=1S/C41H46N6O11S2/c42-33(48)12-11-31(41(52)43-22-35(50)51)45-34(49)13-14-44-59(53,54)25-9-10-26(32(21-25)60(55,56)57)36-29-19-23-5-1-15-46-17-3-7-27(37(23)46)39(29)58-40-28-8-4-18-47-16-2-6-24(38(28)47)20-30(36)40/h9-10,19-21,31,44H,1-8,11-18,22H2,(H5-,42,43,45,48,49,50,51,52,55,56,57)/p+1/t31-/m0/s1. The van der Waals surface area contributed by atoms with E-state index in [4.69, 9.17) is 15.6 Å². The summed E-state index contributed by atoms with van der Waals surface area (Å²) in [7, 11) is -9.54. The molecule has 0 fully saturated rings. The number of hydrogen-bond donors (Lipinski definition) is 6. The maximum absolute atomic E-state index is 13.7. The molecule has 0 radical (unpaired) electrons. The van der Waals surface area contributed by atoms with Gasteiger partial charge in [0.1, 0.15) is 42.1 Å². The molecule has 5 aliphatic heterocycles. The SMILES string of the molecule is NC(=O)CC[C@H](NC(=O)CCNS(=O)(=O)c1ccc(C2=c3cc4c5c(c3Oc3c2cc2c6c3CCCN6CCC2)CCC[N+]=5CCC4)c(S(=O)(=O)O)c1)C(=O)NCC(=O)O. The number of ether oxygens (including phenoxy) is 1. The summed E-state index contributed by atoms with van der Waals surface area (Å²) in [6, 6.07) is 6.38. The molecule has 0 saturated heterocycles. The quantitative estimate of drug-likeness (QED) is 0.0724. The number of primary amides is 1. The second-order valence-corrected chi connectivity index (χ2v) is 19.0. The smallest absolute Gasteiger partial charge is 0.322 e. The van der Waals surface area contributed by atoms with Crippen molar-refractivity contribution in [3.63, 3.8) is 0 Å². The average Bonchev–Trinajstić information content (AvgIpc) is 3.20. The van der Waals surface area contributed by atoms with Gasteiger partial charge < -0.3 is 31.1 Å². The summed E-state index contributed by atoms with van der Waals surface area (Å²) in [5, 5.41) is 15.2. The summed E-state index contributed by atoms with van der Waals surface area (Å²) >= 11 is 0. The van der Waals surface area contributed by atoms with Crippen LogP contribution in [0.5, 0.6) is 11.5 Å². The number of aliphatic carboxylic acids is 1. The largest absolute Gasteiger partial charge is 0.480 e. The van der Waals surface area contributed by atoms with Gasteiger partial charge in [-0.1, -0.05) is 6.07 Å². The number of carbonyl (C=O) groups is 4. The third kappa shape index (κ3) is 7.98. The Hall–Kier alpha value is -5.37. The highest BCUT2D eigenvalue weighted by Gasteiger charge is 2.37. The molecule has 17 nitrogen and oxygen atoms in total. The minimum absolute atomic E-state index is 0.121. The number of rotatable bonds is 14. The molecule has 3 aromatic carbocycles. The fraction of sp³-hybridized carbons (Fsp3) is 0.439. The number of nitrogens with two attached hydrogens (primary N) is 1. The van der Waals surface area contributed by atoms with Crippen molar-refractivity contribution < 1.29 is 50.4 Å². The molecule has 5 aliphatic rings. The van der Waals surface area contributed by atoms with Crippen LogP contribution in [0.1, 0.15) is 78.3 Å². The molecular formula is C41H47N6O11S2+. The van der Waals surface area contributed by atoms with Crippen LogP contribution in [0.4, 0.5) is 5.69 Å². The van der Waals surface area contributed by atoms with Crippen LogP contribution in [0.25, 0.3) is 5.57 Å². The molecule has 0 spiro atoms. The molecule has 0 aliphatic carbocycles. The first kappa shape index (κ1) is 41.4. The topological polar surface area (TPSA) is 255 Å². The summed E-state index contributed by atoms with van der Waals surface area (Å²) in [5.41, 5.74) is 12.1. The van der Waals surface area contributed by atoms with Gasteiger partial charge in [0, 0.05) is 84.1 Å². The van der Waals surface area contributed by atoms with Crippen LogP contribution in [0.3, 0.4) is 0 Å². The van der Waals surface area contributed by atoms with Crippen LogP contribution >= 0.6 is 0 Å². The lowest BCUT2D eigenvalue weighted by atomic mass is 9.82. The van der Waals surface area contributed by atoms with Crippen LogP contribution in [0.15, 0.2) is 40.1 Å². The van der Waals surface area contributed by atoms with Crippen LogP contribution < -0.4 is 45.9 Å². The van der Waals surface area contributed by atoms with E-state index in [2.05, 4.69) is 37.0 Å². The van der Waals surface area contributed by atoms with E-state index in [1.807, 2.05) is 0 Å². The second kappa shape index (κ2) is 16.2. The molecule has 60 heavy (non-hydrogen) atoms. The molecule has 1 atom stereocenters. The molecule has 0 saturated carbocycles. The Bertz CT molecular complexity index is 2710. The molecule has 19 heteroatoms. The summed E-state index contributed by atoms with van der Waals surface area (Å²) in [6.07, 6.45) is 5.96. The van der Waals surface area contributed by atoms with Crippen molar-refractivity contribution in [3.8, 4) is 11.5 Å². The zero-order valence-electron chi connectivity index (χ0n) is 32.8. The van der Waals surface area contributed by atoms with E-state index in [1.165, 1.54) is 23.2 Å². The number of sulfonamides is 1. The number of carboxylic acids is 1. The lowest BCUT2D eigenvalue weighted by Crippen LogP contribution is -2.48. The third-order valence-corrected chi connectivity index (χ3v) is 14.2. The monoisotopic (exact) mass is 863 g/mol. The van der Waals surface area contributed by atoms with Crippen molar-refractivity contribution in [2.45, 2.75) is 86.5 Å². The first-order valence-electron chi connectivity index (χ1n) is 20.2. The van der Waals surface area contributed by atoms with Gasteiger partial charge in [0.15, 0.2) is 0 Å². The molecule has 0 unspecified atom stereocenters. The Morgan fingerprint density at radius 2 is 1.58 bits per heavy atom. The van der Waals surface area contributed by atoms with Crippen LogP contribution in [-0.4, -0.2) is 95.5 Å². The van der Waals surface area contributed by atoms with Crippen molar-refractivity contribution in [1.29, 1.82) is 0 Å². The lowest BCUT2D eigenvalue weighted by molar-refractivity contribution is -0.138. The van der Waals surface area contributed by atoms with Crippen LogP contribution in [0.2, 0.25) is 0 Å². The van der Waals surface area contributed by atoms with Gasteiger partial charge in [0.2, 0.25) is 33.1 Å². The van der Waals surface area contributed by atoms with Gasteiger partial charge in [-0.15, -0.1) is 0 Å². The summed E-state index contributed by atoms with van der Waals surface area (Å²) in [5.74, 6) is -2.45. The van der Waals surface area contributed by atoms with Crippen molar-refractivity contribution in [2.75, 3.05) is 44.2 Å². The fourth-order valence-electron chi connectivity index (χ4n) is 9.38. The predicted octanol–water partition coefficient (Wildman–Crippen LogP) is -0.0119. The number of aryl methyl sites for hydroxylation is 2. The highest BCUT2D eigenvalue weighted by molar-refractivity contribution is 7.89. The van der Waals surface area contributed by atoms with Gasteiger partial charge in [0.25, 0.3) is 10.1 Å². The van der Waals surface area contributed by atoms with E-state index < -0.39 is 79.2 Å². The fourth-order valence-corrected chi connectivity index (χ4v) is 11.2. The summed E-state index contributed by atoms with van der Waals surface area (Å²) in [6.45, 7) is 2.52. The molecule has 3 aromatic rings. The third-order valence-electron chi connectivity index (χ3n) is 11.9. The van der Waals surface area contributed by atoms with Gasteiger partial charge in [-0.25, -0.2) is 17.7 Å². The van der Waals surface area contributed by atoms with E-state index >= 15 is 0 Å². The van der Waals surface area contributed by atoms with Crippen molar-refractivity contribution in [1.82, 2.24) is 19.9 Å². The molecule has 318 valence electrons. The number of amides is 3. The van der Waals surface area contributed by atoms with Gasteiger partial charge in [-0.3, -0.25) is 23.7 Å². The highest BCUT2D eigenvalue weighted by atomic mass is 32.2. The van der Waals surface area contributed by atoms with Crippen molar-refractivity contribution >= 4 is 55.1 Å². The van der Waals surface area contributed by atoms with Gasteiger partial charge in [0.05, 0.1) is 10.5 Å². The number of nitrogens with zero attached hydrogens (tertiary/aromatic N) is 2. The minimum Gasteiger partial charge on any atom is -0.480 e. The van der Waals surface area contributed by atoms with E-state index in [1.54, 1.807) is 0 Å². The Morgan fingerprint density at radius 1 is 0.867 bits per heavy atom. The zero-order valence-corrected chi connectivity index (χ0v) is 34.5. The van der Waals surface area contributed by atoms with Gasteiger partial charge in [-0.2, -0.15) is 8.42 Å². The predicted molar refractivity (Wildman–Crippen MR) is 217 cm³/mol. The Balaban J connectivity index is 1.17. The van der Waals surface area contributed by atoms with Gasteiger partial charge >= 0.3 is 5.97 Å². The van der Waals surface area contributed by atoms with Crippen LogP contribution in [-0.2, 0) is 65.0 Å². The molecular weight excluding hydrogens is 817 g/mol. The lowest BCUT2D eigenvalue weighted by Gasteiger charge is -2.39. The van der Waals surface area contributed by atoms with Crippen LogP contribution in [0, 0.1) is 0 Å². The molecule has 5 heterocycles. The second-order valence-electron chi connectivity index (χ2n) is 15.9. The number of fused-ring (bicyclic) bond motifs is 4. The Morgan fingerprint density at radius 3 is 2.32 bits per heavy atom. The maximum Gasteiger partial charge on any atom is 0.322 e. The molecule has 0 bridgehead atoms. The molecule has 8 rings (SSSR count). The Kier molecular flexibility index (Phi) is 11.2. The highest BCUT2D eigenvalue weighted by Crippen LogP contribution is 2.49. The van der Waals surface area contributed by atoms with Crippen molar-refractivity contribution in [3.05, 3.63) is 74.3 Å². The van der Waals surface area contributed by atoms with Gasteiger partial charge in [-0.05, 0) is 74.8 Å². The minimum atomic E-state index is -5.05. The summed E-state index contributed by atoms with van der Waals surface area (Å²) in [4.78, 5) is 48.8. The number of benzene rings is 3. The number of carboxylic acid groups (broad SMARTS) is 1. The Labute approximate surface area is 346 Å². The molecule has 3 amide bonds. The van der Waals surface area contributed by atoms with E-state index in [9.17, 15) is 40.6 Å². The number of anilines is 1. The average molecular weight is 864 g/mol. The van der Waals surface area contributed by atoms with Crippen molar-refractivity contribution in [2.24, 2.45) is 5.73 Å². The molecule has 7 N–H and O–H groups in total. The summed E-state index contributed by atoms with van der Waals surface area (Å²) < 4.78 is 76.7. The number of hydrogen-bond acceptors (Lipinski definition) is 10. The van der Waals surface area contributed by atoms with E-state index in [0.29, 0.717) is 27.9 Å². The van der Waals surface area contributed by atoms with E-state index in [-0.39, 0.29) is 18.4 Å².